The fourth-order valence-corrected chi connectivity index (χ4v) is 3.24. The van der Waals surface area contributed by atoms with Crippen LogP contribution < -0.4 is 5.73 Å². The predicted molar refractivity (Wildman–Crippen MR) is 68.0 cm³/mol. The lowest BCUT2D eigenvalue weighted by molar-refractivity contribution is 0.218. The molecule has 0 radical (unpaired) electrons. The Hall–Kier alpha value is -1.05. The van der Waals surface area contributed by atoms with E-state index in [9.17, 15) is 0 Å². The quantitative estimate of drug-likeness (QED) is 0.827. The molecule has 1 fully saturated rings. The Balaban J connectivity index is 1.98. The molecule has 88 valence electrons. The minimum atomic E-state index is 0.648. The van der Waals surface area contributed by atoms with Crippen molar-refractivity contribution in [2.75, 3.05) is 5.73 Å². The number of nitrogens with two attached hydrogens (primary N) is 1. The van der Waals surface area contributed by atoms with E-state index in [0.29, 0.717) is 5.82 Å². The highest BCUT2D eigenvalue weighted by Crippen LogP contribution is 2.34. The first-order valence-electron chi connectivity index (χ1n) is 6.34. The Bertz CT molecular complexity index is 338. The van der Waals surface area contributed by atoms with Gasteiger partial charge in [-0.2, -0.15) is 0 Å². The highest BCUT2D eigenvalue weighted by atomic mass is 14.8. The van der Waals surface area contributed by atoms with Crippen molar-refractivity contribution in [1.29, 1.82) is 0 Å². The van der Waals surface area contributed by atoms with Crippen molar-refractivity contribution >= 4 is 5.82 Å². The second-order valence-corrected chi connectivity index (χ2v) is 5.58. The van der Waals surface area contributed by atoms with Crippen LogP contribution in [-0.4, -0.2) is 4.98 Å². The zero-order valence-electron chi connectivity index (χ0n) is 10.3. The molecular weight excluding hydrogens is 196 g/mol. The standard InChI is InChI=1S/C14H22N2/c1-10-5-11(2)7-13(6-10)8-12-3-4-16-14(15)9-12/h3-4,9-11,13H,5-8H2,1-2H3,(H2,15,16). The van der Waals surface area contributed by atoms with Crippen LogP contribution in [-0.2, 0) is 6.42 Å². The van der Waals surface area contributed by atoms with Crippen molar-refractivity contribution in [2.45, 2.75) is 39.5 Å². The molecule has 2 heteroatoms. The zero-order valence-corrected chi connectivity index (χ0v) is 10.3. The zero-order chi connectivity index (χ0) is 11.5. The molecule has 1 aliphatic rings. The van der Waals surface area contributed by atoms with Crippen LogP contribution in [0, 0.1) is 17.8 Å². The smallest absolute Gasteiger partial charge is 0.123 e. The van der Waals surface area contributed by atoms with Crippen LogP contribution in [0.5, 0.6) is 0 Å². The molecule has 0 saturated heterocycles. The van der Waals surface area contributed by atoms with E-state index in [1.54, 1.807) is 0 Å². The highest BCUT2D eigenvalue weighted by Gasteiger charge is 2.23. The Kier molecular flexibility index (Phi) is 3.47. The van der Waals surface area contributed by atoms with Crippen molar-refractivity contribution in [3.63, 3.8) is 0 Å². The summed E-state index contributed by atoms with van der Waals surface area (Å²) < 4.78 is 0. The van der Waals surface area contributed by atoms with Crippen LogP contribution in [0.3, 0.4) is 0 Å². The van der Waals surface area contributed by atoms with E-state index in [1.165, 1.54) is 31.2 Å². The molecule has 2 nitrogen and oxygen atoms in total. The Labute approximate surface area is 98.3 Å². The van der Waals surface area contributed by atoms with Gasteiger partial charge in [-0.3, -0.25) is 0 Å². The monoisotopic (exact) mass is 218 g/mol. The van der Waals surface area contributed by atoms with E-state index in [4.69, 9.17) is 5.73 Å². The van der Waals surface area contributed by atoms with Gasteiger partial charge in [-0.1, -0.05) is 13.8 Å². The number of rotatable bonds is 2. The van der Waals surface area contributed by atoms with Crippen molar-refractivity contribution in [1.82, 2.24) is 4.98 Å². The summed E-state index contributed by atoms with van der Waals surface area (Å²) in [5, 5.41) is 0. The lowest BCUT2D eigenvalue weighted by atomic mass is 9.74. The minimum absolute atomic E-state index is 0.648. The van der Waals surface area contributed by atoms with Gasteiger partial charge < -0.3 is 5.73 Å². The van der Waals surface area contributed by atoms with Crippen LogP contribution >= 0.6 is 0 Å². The summed E-state index contributed by atoms with van der Waals surface area (Å²) in [4.78, 5) is 4.04. The van der Waals surface area contributed by atoms with E-state index >= 15 is 0 Å². The van der Waals surface area contributed by atoms with Gasteiger partial charge in [-0.15, -0.1) is 0 Å². The lowest BCUT2D eigenvalue weighted by Crippen LogP contribution is -2.21. The summed E-state index contributed by atoms with van der Waals surface area (Å²) in [7, 11) is 0. The number of pyridine rings is 1. The number of aromatic nitrogens is 1. The molecule has 0 aromatic carbocycles. The molecule has 2 N–H and O–H groups in total. The van der Waals surface area contributed by atoms with Crippen molar-refractivity contribution in [3.05, 3.63) is 23.9 Å². The lowest BCUT2D eigenvalue weighted by Gasteiger charge is -2.31. The predicted octanol–water partition coefficient (Wildman–Crippen LogP) is 3.28. The molecule has 0 aliphatic heterocycles. The third-order valence-corrected chi connectivity index (χ3v) is 3.65. The average molecular weight is 218 g/mol. The maximum absolute atomic E-state index is 5.71. The van der Waals surface area contributed by atoms with E-state index in [2.05, 4.69) is 24.9 Å². The van der Waals surface area contributed by atoms with Crippen LogP contribution in [0.25, 0.3) is 0 Å². The van der Waals surface area contributed by atoms with Gasteiger partial charge >= 0.3 is 0 Å². The van der Waals surface area contributed by atoms with Crippen LogP contribution in [0.2, 0.25) is 0 Å². The first-order chi connectivity index (χ1) is 7.63. The molecule has 2 rings (SSSR count). The fourth-order valence-electron chi connectivity index (χ4n) is 3.24. The van der Waals surface area contributed by atoms with Crippen LogP contribution in [0.4, 0.5) is 5.82 Å². The average Bonchev–Trinajstić information content (AvgIpc) is 2.15. The topological polar surface area (TPSA) is 38.9 Å². The third-order valence-electron chi connectivity index (χ3n) is 3.65. The van der Waals surface area contributed by atoms with Crippen LogP contribution in [0.15, 0.2) is 18.3 Å². The first kappa shape index (κ1) is 11.4. The van der Waals surface area contributed by atoms with Gasteiger partial charge in [0.1, 0.15) is 5.82 Å². The summed E-state index contributed by atoms with van der Waals surface area (Å²) in [5.74, 6) is 3.25. The number of nitrogens with zero attached hydrogens (tertiary/aromatic N) is 1. The maximum atomic E-state index is 5.71. The van der Waals surface area contributed by atoms with E-state index in [1.807, 2.05) is 12.3 Å². The summed E-state index contributed by atoms with van der Waals surface area (Å²) in [6, 6.07) is 4.12. The van der Waals surface area contributed by atoms with Gasteiger partial charge in [0.2, 0.25) is 0 Å². The number of hydrogen-bond acceptors (Lipinski definition) is 2. The molecule has 0 bridgehead atoms. The van der Waals surface area contributed by atoms with Crippen LogP contribution in [0.1, 0.15) is 38.7 Å². The van der Waals surface area contributed by atoms with E-state index in [0.717, 1.165) is 17.8 Å². The Morgan fingerprint density at radius 1 is 1.25 bits per heavy atom. The molecular formula is C14H22N2. The third kappa shape index (κ3) is 2.97. The summed E-state index contributed by atoms with van der Waals surface area (Å²) in [6.45, 7) is 4.76. The van der Waals surface area contributed by atoms with Gasteiger partial charge in [0, 0.05) is 6.20 Å². The SMILES string of the molecule is CC1CC(C)CC(Cc2ccnc(N)c2)C1. The highest BCUT2D eigenvalue weighted by molar-refractivity contribution is 5.31. The Morgan fingerprint density at radius 3 is 2.56 bits per heavy atom. The second kappa shape index (κ2) is 4.86. The summed E-state index contributed by atoms with van der Waals surface area (Å²) in [6.07, 6.45) is 7.12. The van der Waals surface area contributed by atoms with Gasteiger partial charge in [0.05, 0.1) is 0 Å². The molecule has 0 amide bonds. The van der Waals surface area contributed by atoms with Gasteiger partial charge in [0.25, 0.3) is 0 Å². The van der Waals surface area contributed by atoms with Crippen molar-refractivity contribution in [3.8, 4) is 0 Å². The molecule has 1 saturated carbocycles. The molecule has 2 unspecified atom stereocenters. The van der Waals surface area contributed by atoms with E-state index in [-0.39, 0.29) is 0 Å². The maximum Gasteiger partial charge on any atom is 0.123 e. The first-order valence-corrected chi connectivity index (χ1v) is 6.34. The molecule has 1 aromatic heterocycles. The number of nitrogen functional groups attached to an aromatic ring is 1. The molecule has 0 spiro atoms. The van der Waals surface area contributed by atoms with Crippen molar-refractivity contribution < 1.29 is 0 Å². The summed E-state index contributed by atoms with van der Waals surface area (Å²) >= 11 is 0. The second-order valence-electron chi connectivity index (χ2n) is 5.58. The number of anilines is 1. The fraction of sp³-hybridized carbons (Fsp3) is 0.643. The van der Waals surface area contributed by atoms with Gasteiger partial charge in [-0.05, 0) is 61.1 Å². The molecule has 2 atom stereocenters. The molecule has 1 heterocycles. The van der Waals surface area contributed by atoms with Gasteiger partial charge in [0.15, 0.2) is 0 Å². The number of hydrogen-bond donors (Lipinski definition) is 1. The van der Waals surface area contributed by atoms with Gasteiger partial charge in [-0.25, -0.2) is 4.98 Å². The minimum Gasteiger partial charge on any atom is -0.384 e. The largest absolute Gasteiger partial charge is 0.384 e. The van der Waals surface area contributed by atoms with Crippen molar-refractivity contribution in [2.24, 2.45) is 17.8 Å². The Morgan fingerprint density at radius 2 is 1.94 bits per heavy atom. The molecule has 16 heavy (non-hydrogen) atoms. The molecule has 1 aliphatic carbocycles. The summed E-state index contributed by atoms with van der Waals surface area (Å²) in [5.41, 5.74) is 7.05. The normalized spacial score (nSPS) is 30.2. The van der Waals surface area contributed by atoms with E-state index < -0.39 is 0 Å². The molecule has 1 aromatic rings.